The van der Waals surface area contributed by atoms with Gasteiger partial charge < -0.3 is 20.3 Å². The summed E-state index contributed by atoms with van der Waals surface area (Å²) in [7, 11) is 1.41. The van der Waals surface area contributed by atoms with E-state index in [1.807, 2.05) is 49.1 Å². The second-order valence-corrected chi connectivity index (χ2v) is 6.10. The van der Waals surface area contributed by atoms with Gasteiger partial charge in [-0.15, -0.1) is 0 Å². The fourth-order valence-corrected chi connectivity index (χ4v) is 2.89. The summed E-state index contributed by atoms with van der Waals surface area (Å²) < 4.78 is 4.87. The third kappa shape index (κ3) is 5.20. The summed E-state index contributed by atoms with van der Waals surface area (Å²) >= 11 is 0. The zero-order valence-electron chi connectivity index (χ0n) is 15.0. The summed E-state index contributed by atoms with van der Waals surface area (Å²) in [6.07, 6.45) is 0. The van der Waals surface area contributed by atoms with Gasteiger partial charge in [0.2, 0.25) is 5.91 Å². The van der Waals surface area contributed by atoms with Crippen molar-refractivity contribution in [1.29, 1.82) is 0 Å². The van der Waals surface area contributed by atoms with E-state index in [-0.39, 0.29) is 30.3 Å². The second-order valence-electron chi connectivity index (χ2n) is 6.10. The summed E-state index contributed by atoms with van der Waals surface area (Å²) in [6.45, 7) is 5.94. The summed E-state index contributed by atoms with van der Waals surface area (Å²) in [5, 5.41) is 5.99. The highest BCUT2D eigenvalue weighted by molar-refractivity contribution is 5.94. The standard InChI is InChI=1S/C18H26N4O3/c1-4-19-18(22-11-13(2)15(12-22)17(24)25-3)20-10-16(23)21-14-8-6-5-7-9-14/h5-9,13,15H,4,10-12H2,1-3H3,(H,19,20)(H,21,23). The van der Waals surface area contributed by atoms with Crippen LogP contribution in [-0.4, -0.2) is 56.0 Å². The molecule has 0 aliphatic carbocycles. The Balaban J connectivity index is 1.98. The van der Waals surface area contributed by atoms with E-state index in [1.54, 1.807) is 0 Å². The summed E-state index contributed by atoms with van der Waals surface area (Å²) in [4.78, 5) is 30.3. The fourth-order valence-electron chi connectivity index (χ4n) is 2.89. The number of para-hydroxylation sites is 1. The molecular formula is C18H26N4O3. The van der Waals surface area contributed by atoms with Crippen molar-refractivity contribution in [3.8, 4) is 0 Å². The van der Waals surface area contributed by atoms with Crippen LogP contribution in [-0.2, 0) is 14.3 Å². The molecule has 7 nitrogen and oxygen atoms in total. The number of nitrogens with one attached hydrogen (secondary N) is 2. The van der Waals surface area contributed by atoms with Crippen LogP contribution in [0.5, 0.6) is 0 Å². The molecule has 2 unspecified atom stereocenters. The van der Waals surface area contributed by atoms with Gasteiger partial charge in [-0.2, -0.15) is 0 Å². The number of likely N-dealkylation sites (tertiary alicyclic amines) is 1. The minimum Gasteiger partial charge on any atom is -0.469 e. The van der Waals surface area contributed by atoms with Crippen LogP contribution in [0, 0.1) is 11.8 Å². The van der Waals surface area contributed by atoms with Gasteiger partial charge in [0.1, 0.15) is 6.54 Å². The molecule has 2 rings (SSSR count). The van der Waals surface area contributed by atoms with Gasteiger partial charge >= 0.3 is 5.97 Å². The summed E-state index contributed by atoms with van der Waals surface area (Å²) in [5.41, 5.74) is 0.744. The Morgan fingerprint density at radius 3 is 2.64 bits per heavy atom. The maximum absolute atomic E-state index is 12.1. The van der Waals surface area contributed by atoms with Gasteiger partial charge in [0.25, 0.3) is 0 Å². The first-order chi connectivity index (χ1) is 12.0. The van der Waals surface area contributed by atoms with Crippen molar-refractivity contribution in [1.82, 2.24) is 10.2 Å². The van der Waals surface area contributed by atoms with E-state index in [0.717, 1.165) is 5.69 Å². The monoisotopic (exact) mass is 346 g/mol. The van der Waals surface area contributed by atoms with Gasteiger partial charge in [0.05, 0.1) is 13.0 Å². The highest BCUT2D eigenvalue weighted by Crippen LogP contribution is 2.24. The van der Waals surface area contributed by atoms with Gasteiger partial charge in [-0.05, 0) is 25.0 Å². The minimum absolute atomic E-state index is 0.0188. The molecule has 0 aromatic heterocycles. The van der Waals surface area contributed by atoms with Crippen molar-refractivity contribution in [3.05, 3.63) is 30.3 Å². The van der Waals surface area contributed by atoms with Crippen LogP contribution in [0.15, 0.2) is 35.3 Å². The Morgan fingerprint density at radius 1 is 1.28 bits per heavy atom. The number of guanidine groups is 1. The fraction of sp³-hybridized carbons (Fsp3) is 0.500. The number of aliphatic imine (C=N–C) groups is 1. The molecule has 1 aliphatic heterocycles. The zero-order valence-corrected chi connectivity index (χ0v) is 15.0. The predicted molar refractivity (Wildman–Crippen MR) is 97.3 cm³/mol. The van der Waals surface area contributed by atoms with Crippen molar-refractivity contribution < 1.29 is 14.3 Å². The van der Waals surface area contributed by atoms with E-state index >= 15 is 0 Å². The Labute approximate surface area is 148 Å². The molecule has 1 aromatic carbocycles. The first-order valence-electron chi connectivity index (χ1n) is 8.51. The largest absolute Gasteiger partial charge is 0.469 e. The lowest BCUT2D eigenvalue weighted by molar-refractivity contribution is -0.146. The molecule has 1 aromatic rings. The third-order valence-corrected chi connectivity index (χ3v) is 4.18. The molecule has 1 aliphatic rings. The molecule has 0 spiro atoms. The summed E-state index contributed by atoms with van der Waals surface area (Å²) in [6, 6.07) is 9.28. The topological polar surface area (TPSA) is 83.0 Å². The number of amides is 1. The van der Waals surface area contributed by atoms with Gasteiger partial charge in [-0.1, -0.05) is 25.1 Å². The number of nitrogens with zero attached hydrogens (tertiary/aromatic N) is 2. The van der Waals surface area contributed by atoms with E-state index < -0.39 is 0 Å². The smallest absolute Gasteiger partial charge is 0.310 e. The molecule has 2 atom stereocenters. The number of hydrogen-bond acceptors (Lipinski definition) is 4. The quantitative estimate of drug-likeness (QED) is 0.477. The number of anilines is 1. The molecule has 0 radical (unpaired) electrons. The van der Waals surface area contributed by atoms with Crippen LogP contribution < -0.4 is 10.6 Å². The Kier molecular flexibility index (Phi) is 6.80. The van der Waals surface area contributed by atoms with Crippen LogP contribution in [0.3, 0.4) is 0 Å². The van der Waals surface area contributed by atoms with Crippen molar-refractivity contribution in [2.45, 2.75) is 13.8 Å². The number of benzene rings is 1. The molecule has 25 heavy (non-hydrogen) atoms. The number of ether oxygens (including phenoxy) is 1. The van der Waals surface area contributed by atoms with Gasteiger partial charge in [0, 0.05) is 25.3 Å². The Morgan fingerprint density at radius 2 is 2.00 bits per heavy atom. The average Bonchev–Trinajstić information content (AvgIpc) is 3.00. The highest BCUT2D eigenvalue weighted by atomic mass is 16.5. The van der Waals surface area contributed by atoms with Crippen LogP contribution in [0.2, 0.25) is 0 Å². The Bertz CT molecular complexity index is 618. The minimum atomic E-state index is -0.201. The maximum Gasteiger partial charge on any atom is 0.310 e. The SMILES string of the molecule is CCNC(=NCC(=O)Nc1ccccc1)N1CC(C)C(C(=O)OC)C1. The average molecular weight is 346 g/mol. The normalized spacial score (nSPS) is 20.3. The molecule has 136 valence electrons. The van der Waals surface area contributed by atoms with Crippen molar-refractivity contribution in [2.75, 3.05) is 38.6 Å². The van der Waals surface area contributed by atoms with Gasteiger partial charge in [-0.25, -0.2) is 4.99 Å². The van der Waals surface area contributed by atoms with Crippen molar-refractivity contribution in [3.63, 3.8) is 0 Å². The molecular weight excluding hydrogens is 320 g/mol. The van der Waals surface area contributed by atoms with Crippen LogP contribution in [0.4, 0.5) is 5.69 Å². The zero-order chi connectivity index (χ0) is 18.2. The lowest BCUT2D eigenvalue weighted by Gasteiger charge is -2.21. The van der Waals surface area contributed by atoms with E-state index in [4.69, 9.17) is 4.74 Å². The van der Waals surface area contributed by atoms with Crippen molar-refractivity contribution in [2.24, 2.45) is 16.8 Å². The van der Waals surface area contributed by atoms with E-state index in [0.29, 0.717) is 25.6 Å². The first-order valence-corrected chi connectivity index (χ1v) is 8.51. The number of hydrogen-bond donors (Lipinski definition) is 2. The lowest BCUT2D eigenvalue weighted by Crippen LogP contribution is -2.41. The number of rotatable bonds is 5. The van der Waals surface area contributed by atoms with E-state index in [1.165, 1.54) is 7.11 Å². The molecule has 1 fully saturated rings. The third-order valence-electron chi connectivity index (χ3n) is 4.18. The molecule has 2 N–H and O–H groups in total. The molecule has 1 saturated heterocycles. The number of methoxy groups -OCH3 is 1. The molecule has 7 heteroatoms. The van der Waals surface area contributed by atoms with E-state index in [9.17, 15) is 9.59 Å². The number of carbonyl (C=O) groups is 2. The summed E-state index contributed by atoms with van der Waals surface area (Å²) in [5.74, 6) is 0.261. The molecule has 1 amide bonds. The predicted octanol–water partition coefficient (Wildman–Crippen LogP) is 1.33. The van der Waals surface area contributed by atoms with E-state index in [2.05, 4.69) is 15.6 Å². The Hall–Kier alpha value is -2.57. The first kappa shape index (κ1) is 18.8. The lowest BCUT2D eigenvalue weighted by atomic mass is 9.99. The molecule has 0 bridgehead atoms. The molecule has 1 heterocycles. The number of esters is 1. The van der Waals surface area contributed by atoms with Crippen LogP contribution in [0.25, 0.3) is 0 Å². The van der Waals surface area contributed by atoms with Gasteiger partial charge in [0.15, 0.2) is 5.96 Å². The highest BCUT2D eigenvalue weighted by Gasteiger charge is 2.36. The second kappa shape index (κ2) is 9.05. The van der Waals surface area contributed by atoms with Gasteiger partial charge in [-0.3, -0.25) is 9.59 Å². The van der Waals surface area contributed by atoms with Crippen LogP contribution >= 0.6 is 0 Å². The van der Waals surface area contributed by atoms with Crippen LogP contribution in [0.1, 0.15) is 13.8 Å². The number of carbonyl (C=O) groups excluding carboxylic acids is 2. The van der Waals surface area contributed by atoms with Crippen molar-refractivity contribution >= 4 is 23.5 Å². The molecule has 0 saturated carbocycles. The maximum atomic E-state index is 12.1.